The van der Waals surface area contributed by atoms with Crippen LogP contribution in [-0.2, 0) is 35.7 Å². The fourth-order valence-corrected chi connectivity index (χ4v) is 23.5. The van der Waals surface area contributed by atoms with Crippen LogP contribution in [0, 0.1) is 32.1 Å². The van der Waals surface area contributed by atoms with Crippen LogP contribution in [0.5, 0.6) is 17.2 Å². The van der Waals surface area contributed by atoms with Gasteiger partial charge in [0.05, 0.1) is 0 Å². The maximum atomic E-state index is 13.1. The lowest BCUT2D eigenvalue weighted by molar-refractivity contribution is -0.0508. The summed E-state index contributed by atoms with van der Waals surface area (Å²) >= 11 is 0. The molecule has 0 aromatic heterocycles. The molecule has 0 aliphatic heterocycles. The van der Waals surface area contributed by atoms with E-state index in [4.69, 9.17) is 14.7 Å². The standard InChI is InChI=1S/C115H208O3.H5O5P3/c1-19-25-31-37-43-49-55-61-67-73-79-85-100(86-80-74-68-62-56-50-44-38-32-26-20-2)114(89-83-77-71-65-59-53-47-41-35-29-23-5,101-94-104(110(10,11)12)107(116)91-97(101)7)113(87-81-75-69-63-57-51-45-39-33-27-21-3,88-82-76-70-64-58-52-46-40-34-28-22-4)115(90-84-78-72-66-60-54-48-42-36-30-24-6,102-95-105(111(13,14)15)108(117)92-98(102)8)103-96-106(112(16,17)18)109(118)93-99(103)9;1-6-4-8(3)5-7-2/h91-96,100,116-118H,19-90H2,1-18H3;1-3,6-7H. The Balaban J connectivity index is 0.00000638. The van der Waals surface area contributed by atoms with Gasteiger partial charge in [0.2, 0.25) is 0 Å². The molecule has 0 bridgehead atoms. The molecule has 0 spiro atoms. The number of unbranched alkanes of at least 4 members (excludes halogenated alkanes) is 60. The van der Waals surface area contributed by atoms with E-state index in [0.717, 1.165) is 48.8 Å². The van der Waals surface area contributed by atoms with Gasteiger partial charge in [0.15, 0.2) is 18.1 Å². The molecule has 126 heavy (non-hydrogen) atoms. The normalized spacial score (nSPS) is 13.4. The number of benzene rings is 3. The van der Waals surface area contributed by atoms with Crippen molar-refractivity contribution in [3.05, 3.63) is 86.5 Å². The van der Waals surface area contributed by atoms with E-state index in [1.165, 1.54) is 458 Å². The van der Waals surface area contributed by atoms with Crippen LogP contribution < -0.4 is 0 Å². The Morgan fingerprint density at radius 3 is 0.667 bits per heavy atom. The highest BCUT2D eigenvalue weighted by Gasteiger charge is 2.66. The third-order valence-electron chi connectivity index (χ3n) is 29.5. The van der Waals surface area contributed by atoms with E-state index in [0.29, 0.717) is 23.2 Å². The van der Waals surface area contributed by atoms with Crippen LogP contribution in [0.2, 0.25) is 0 Å². The molecule has 6 N–H and O–H groups in total. The average molecular weight is 1820 g/mol. The van der Waals surface area contributed by atoms with Gasteiger partial charge in [0.25, 0.3) is 0 Å². The molecule has 0 saturated heterocycles. The molecule has 0 aliphatic rings. The van der Waals surface area contributed by atoms with Crippen molar-refractivity contribution < 1.29 is 38.6 Å². The Kier molecular flexibility index (Phi) is 70.1. The van der Waals surface area contributed by atoms with E-state index in [-0.39, 0.29) is 27.1 Å². The number of phenolic OH excluding ortho intramolecular Hbond substituents is 3. The van der Waals surface area contributed by atoms with E-state index in [2.05, 4.69) is 170 Å². The van der Waals surface area contributed by atoms with Gasteiger partial charge in [-0.15, -0.1) is 0 Å². The average Bonchev–Trinajstić information content (AvgIpc) is 0.673. The van der Waals surface area contributed by atoms with E-state index in [9.17, 15) is 15.3 Å². The number of hydrogen-bond donors (Lipinski definition) is 6. The van der Waals surface area contributed by atoms with Crippen LogP contribution in [0.3, 0.4) is 0 Å². The highest BCUT2D eigenvalue weighted by Crippen LogP contribution is 2.71. The zero-order chi connectivity index (χ0) is 93.1. The molecular formula is C115H213O8P3. The van der Waals surface area contributed by atoms with Crippen molar-refractivity contribution in [2.24, 2.45) is 11.3 Å². The highest BCUT2D eigenvalue weighted by molar-refractivity contribution is 7.54. The summed E-state index contributed by atoms with van der Waals surface area (Å²) in [6.45, 7) is 43.0. The van der Waals surface area contributed by atoms with Gasteiger partial charge in [0.1, 0.15) is 17.2 Å². The molecule has 0 radical (unpaired) electrons. The van der Waals surface area contributed by atoms with E-state index in [1.807, 2.05) is 0 Å². The third-order valence-corrected chi connectivity index (χ3v) is 31.4. The summed E-state index contributed by atoms with van der Waals surface area (Å²) in [6.07, 6.45) is 94.6. The van der Waals surface area contributed by atoms with Crippen LogP contribution in [0.4, 0.5) is 0 Å². The zero-order valence-electron chi connectivity index (χ0n) is 86.9. The minimum atomic E-state index is -2.06. The molecule has 11 heteroatoms. The second-order valence-corrected chi connectivity index (χ2v) is 45.7. The van der Waals surface area contributed by atoms with Crippen LogP contribution >= 0.6 is 26.7 Å². The maximum Gasteiger partial charge on any atom is 0.340 e. The first-order valence-electron chi connectivity index (χ1n) is 54.8. The zero-order valence-corrected chi connectivity index (χ0v) is 89.8. The number of phenols is 3. The Hall–Kier alpha value is -1.85. The highest BCUT2D eigenvalue weighted by atomic mass is 31.2. The summed E-state index contributed by atoms with van der Waals surface area (Å²) in [6, 6.07) is 15.0. The van der Waals surface area contributed by atoms with Crippen LogP contribution in [-0.4, -0.2) is 30.0 Å². The van der Waals surface area contributed by atoms with Gasteiger partial charge in [-0.1, -0.05) is 546 Å². The van der Waals surface area contributed by atoms with Crippen molar-refractivity contribution in [2.45, 2.75) is 614 Å². The van der Waals surface area contributed by atoms with E-state index >= 15 is 0 Å². The second-order valence-electron chi connectivity index (χ2n) is 43.4. The Morgan fingerprint density at radius 2 is 0.444 bits per heavy atom. The summed E-state index contributed by atoms with van der Waals surface area (Å²) in [5.74, 6) is 1.74. The lowest BCUT2D eigenvalue weighted by Crippen LogP contribution is -2.63. The minimum absolute atomic E-state index is 0.304. The SMILES string of the molecule is CCCCCCCCCCCCCC(CCCCCCCCCCCCC)C(CCCCCCCCCCCCC)(c1cc(C(C)(C)C)c(O)cc1C)C(CCCCCCCCCCCCC)(CCCCCCCCCCCCC)C(CCCCCCCCCCCCC)(c1cc(C(C)(C)C)c(O)cc1C)c1cc(C(C)(C)C)c(O)cc1C.OPOP(O)OPO. The van der Waals surface area contributed by atoms with Gasteiger partial charge >= 0.3 is 8.60 Å². The maximum absolute atomic E-state index is 13.1. The largest absolute Gasteiger partial charge is 0.508 e. The molecule has 736 valence electrons. The van der Waals surface area contributed by atoms with Gasteiger partial charge in [0, 0.05) is 10.8 Å². The van der Waals surface area contributed by atoms with Gasteiger partial charge in [-0.2, -0.15) is 0 Å². The van der Waals surface area contributed by atoms with Crippen LogP contribution in [0.25, 0.3) is 0 Å². The smallest absolute Gasteiger partial charge is 0.340 e. The Bertz CT molecular complexity index is 2920. The first-order chi connectivity index (χ1) is 60.7. The molecule has 3 aromatic carbocycles. The monoisotopic (exact) mass is 1820 g/mol. The van der Waals surface area contributed by atoms with Gasteiger partial charge in [-0.3, -0.25) is 8.62 Å². The van der Waals surface area contributed by atoms with Crippen molar-refractivity contribution in [3.8, 4) is 17.2 Å². The van der Waals surface area contributed by atoms with Crippen LogP contribution in [0.15, 0.2) is 36.4 Å². The molecule has 0 heterocycles. The molecular weight excluding hydrogens is 1600 g/mol. The molecule has 3 rings (SSSR count). The lowest BCUT2D eigenvalue weighted by Gasteiger charge is -2.66. The van der Waals surface area contributed by atoms with Crippen molar-refractivity contribution in [2.75, 3.05) is 0 Å². The van der Waals surface area contributed by atoms with E-state index < -0.39 is 32.1 Å². The Labute approximate surface area is 789 Å². The fourth-order valence-electron chi connectivity index (χ4n) is 22.4. The predicted octanol–water partition coefficient (Wildman–Crippen LogP) is 39.9. The number of aryl methyl sites for hydroxylation is 3. The number of aromatic hydroxyl groups is 3. The number of hydrogen-bond acceptors (Lipinski definition) is 8. The summed E-state index contributed by atoms with van der Waals surface area (Å²) in [5, 5.41) is 39.1. The first kappa shape index (κ1) is 120. The molecule has 0 saturated carbocycles. The molecule has 0 amide bonds. The Morgan fingerprint density at radius 1 is 0.254 bits per heavy atom. The van der Waals surface area contributed by atoms with Crippen LogP contribution in [0.1, 0.15) is 616 Å². The fraction of sp³-hybridized carbons (Fsp3) is 0.843. The van der Waals surface area contributed by atoms with Gasteiger partial charge in [-0.25, -0.2) is 0 Å². The molecule has 0 fully saturated rings. The number of rotatable bonds is 82. The van der Waals surface area contributed by atoms with Crippen molar-refractivity contribution in [1.82, 2.24) is 0 Å². The first-order valence-corrected chi connectivity index (χ1v) is 57.7. The topological polar surface area (TPSA) is 140 Å². The molecule has 3 unspecified atom stereocenters. The van der Waals surface area contributed by atoms with E-state index in [1.54, 1.807) is 5.56 Å². The van der Waals surface area contributed by atoms with Gasteiger partial charge in [-0.05, 0) is 155 Å². The van der Waals surface area contributed by atoms with Crippen molar-refractivity contribution in [3.63, 3.8) is 0 Å². The van der Waals surface area contributed by atoms with Crippen molar-refractivity contribution in [1.29, 1.82) is 0 Å². The summed E-state index contributed by atoms with van der Waals surface area (Å²) in [4.78, 5) is 24.3. The molecule has 3 atom stereocenters. The summed E-state index contributed by atoms with van der Waals surface area (Å²) < 4.78 is 8.22. The van der Waals surface area contributed by atoms with Crippen molar-refractivity contribution >= 4 is 26.7 Å². The predicted molar refractivity (Wildman–Crippen MR) is 562 cm³/mol. The third kappa shape index (κ3) is 47.6. The van der Waals surface area contributed by atoms with Gasteiger partial charge < -0.3 is 30.0 Å². The molecule has 3 aromatic rings. The second kappa shape index (κ2) is 73.5. The summed E-state index contributed by atoms with van der Waals surface area (Å²) in [7, 11) is -3.67. The minimum Gasteiger partial charge on any atom is -0.508 e. The molecule has 0 aliphatic carbocycles. The lowest BCUT2D eigenvalue weighted by atomic mass is 9.37. The summed E-state index contributed by atoms with van der Waals surface area (Å²) in [5.41, 5.74) is 9.31. The quantitative estimate of drug-likeness (QED) is 0.0243. The molecule has 8 nitrogen and oxygen atoms in total.